The molecule has 1 aromatic carbocycles. The summed E-state index contributed by atoms with van der Waals surface area (Å²) >= 11 is 6.34. The molecular weight excluding hydrogens is 296 g/mol. The van der Waals surface area contributed by atoms with E-state index in [9.17, 15) is 0 Å². The van der Waals surface area contributed by atoms with E-state index < -0.39 is 0 Å². The summed E-state index contributed by atoms with van der Waals surface area (Å²) < 4.78 is 5.93. The Bertz CT molecular complexity index is 763. The number of rotatable bonds is 5. The van der Waals surface area contributed by atoms with E-state index in [1.807, 2.05) is 39.0 Å². The van der Waals surface area contributed by atoms with Crippen LogP contribution in [0.15, 0.2) is 48.6 Å². The first kappa shape index (κ1) is 16.2. The van der Waals surface area contributed by atoms with E-state index in [1.165, 1.54) is 6.20 Å². The Hall–Kier alpha value is -2.13. The Kier molecular flexibility index (Phi) is 4.99. The molecule has 0 bridgehead atoms. The normalized spacial score (nSPS) is 11.8. The second kappa shape index (κ2) is 6.75. The zero-order valence-electron chi connectivity index (χ0n) is 13.1. The van der Waals surface area contributed by atoms with Gasteiger partial charge in [-0.25, -0.2) is 4.98 Å². The van der Waals surface area contributed by atoms with Crippen LogP contribution in [0.5, 0.6) is 5.75 Å². The van der Waals surface area contributed by atoms with E-state index in [-0.39, 0.29) is 6.10 Å². The van der Waals surface area contributed by atoms with Crippen LogP contribution in [0.25, 0.3) is 10.9 Å². The minimum atomic E-state index is 0.0502. The van der Waals surface area contributed by atoms with Gasteiger partial charge in [0.25, 0.3) is 0 Å². The molecule has 0 saturated heterocycles. The van der Waals surface area contributed by atoms with Crippen molar-refractivity contribution in [1.82, 2.24) is 4.98 Å². The fourth-order valence-corrected chi connectivity index (χ4v) is 2.51. The second-order valence-electron chi connectivity index (χ2n) is 5.16. The first-order valence-electron chi connectivity index (χ1n) is 7.06. The lowest BCUT2D eigenvalue weighted by molar-refractivity contribution is 0.243. The number of nitrogens with zero attached hydrogens (tertiary/aromatic N) is 2. The summed E-state index contributed by atoms with van der Waals surface area (Å²) in [4.78, 5) is 8.86. The number of ether oxygens (including phenoxy) is 1. The molecule has 0 atom stereocenters. The van der Waals surface area contributed by atoms with Crippen molar-refractivity contribution in [1.29, 1.82) is 0 Å². The molecule has 0 spiro atoms. The van der Waals surface area contributed by atoms with Crippen LogP contribution in [-0.4, -0.2) is 16.8 Å². The summed E-state index contributed by atoms with van der Waals surface area (Å²) in [6.07, 6.45) is 3.17. The van der Waals surface area contributed by atoms with E-state index in [4.69, 9.17) is 16.3 Å². The number of halogens is 1. The summed E-state index contributed by atoms with van der Waals surface area (Å²) in [6, 6.07) is 5.69. The molecule has 0 fully saturated rings. The first-order chi connectivity index (χ1) is 10.5. The van der Waals surface area contributed by atoms with Crippen molar-refractivity contribution in [2.24, 2.45) is 4.99 Å². The Balaban J connectivity index is 2.75. The molecule has 2 aromatic rings. The summed E-state index contributed by atoms with van der Waals surface area (Å²) in [5, 5.41) is 1.51. The molecule has 0 amide bonds. The Morgan fingerprint density at radius 3 is 2.68 bits per heavy atom. The molecule has 0 aliphatic heterocycles. The van der Waals surface area contributed by atoms with E-state index >= 15 is 0 Å². The van der Waals surface area contributed by atoms with Crippen LogP contribution in [0, 0.1) is 6.92 Å². The van der Waals surface area contributed by atoms with Crippen LogP contribution in [-0.2, 0) is 0 Å². The van der Waals surface area contributed by atoms with Crippen LogP contribution >= 0.6 is 11.6 Å². The Labute approximate surface area is 136 Å². The van der Waals surface area contributed by atoms with Crippen LogP contribution < -0.4 is 4.74 Å². The highest BCUT2D eigenvalue weighted by molar-refractivity contribution is 6.35. The largest absolute Gasteiger partial charge is 0.488 e. The van der Waals surface area contributed by atoms with Gasteiger partial charge in [-0.1, -0.05) is 24.8 Å². The van der Waals surface area contributed by atoms with Gasteiger partial charge in [0.05, 0.1) is 22.5 Å². The van der Waals surface area contributed by atoms with Crippen molar-refractivity contribution in [3.8, 4) is 5.75 Å². The van der Waals surface area contributed by atoms with Crippen LogP contribution in [0.2, 0.25) is 5.02 Å². The van der Waals surface area contributed by atoms with Gasteiger partial charge in [0.1, 0.15) is 11.3 Å². The van der Waals surface area contributed by atoms with Gasteiger partial charge in [-0.05, 0) is 50.6 Å². The van der Waals surface area contributed by atoms with Gasteiger partial charge in [-0.15, -0.1) is 0 Å². The molecule has 0 radical (unpaired) electrons. The van der Waals surface area contributed by atoms with E-state index in [0.717, 1.165) is 22.2 Å². The third-order valence-corrected chi connectivity index (χ3v) is 3.42. The van der Waals surface area contributed by atoms with Crippen molar-refractivity contribution < 1.29 is 4.74 Å². The summed E-state index contributed by atoms with van der Waals surface area (Å²) in [6.45, 7) is 13.3. The molecule has 1 aromatic heterocycles. The number of hydrogen-bond donors (Lipinski definition) is 0. The molecule has 0 aliphatic carbocycles. The zero-order valence-corrected chi connectivity index (χ0v) is 13.8. The standard InChI is InChI=1S/C18H19ClN2O/c1-6-15(20-7-2)16-9-8-13-14(19)10-12(5)18(17(13)21-16)22-11(3)4/h6-11H,1-2H2,3-5H3. The number of pyridine rings is 1. The van der Waals surface area contributed by atoms with Crippen molar-refractivity contribution in [3.05, 3.63) is 59.9 Å². The maximum Gasteiger partial charge on any atom is 0.148 e. The average molecular weight is 315 g/mol. The highest BCUT2D eigenvalue weighted by atomic mass is 35.5. The van der Waals surface area contributed by atoms with Crippen LogP contribution in [0.3, 0.4) is 0 Å². The summed E-state index contributed by atoms with van der Waals surface area (Å²) in [7, 11) is 0. The monoisotopic (exact) mass is 314 g/mol. The predicted molar refractivity (Wildman–Crippen MR) is 94.2 cm³/mol. The maximum atomic E-state index is 6.34. The molecule has 22 heavy (non-hydrogen) atoms. The highest BCUT2D eigenvalue weighted by Gasteiger charge is 2.14. The number of benzene rings is 1. The molecule has 0 unspecified atom stereocenters. The first-order valence-corrected chi connectivity index (χ1v) is 7.43. The third-order valence-electron chi connectivity index (χ3n) is 3.11. The Morgan fingerprint density at radius 2 is 2.09 bits per heavy atom. The second-order valence-corrected chi connectivity index (χ2v) is 5.57. The van der Waals surface area contributed by atoms with Gasteiger partial charge in [-0.2, -0.15) is 0 Å². The highest BCUT2D eigenvalue weighted by Crippen LogP contribution is 2.34. The molecule has 0 aliphatic rings. The minimum Gasteiger partial charge on any atom is -0.488 e. The lowest BCUT2D eigenvalue weighted by Crippen LogP contribution is -2.08. The topological polar surface area (TPSA) is 34.5 Å². The SMILES string of the molecule is C=CN=C(C=C)c1ccc2c(Cl)cc(C)c(OC(C)C)c2n1. The molecular formula is C18H19ClN2O. The van der Waals surface area contributed by atoms with E-state index in [1.54, 1.807) is 6.08 Å². The average Bonchev–Trinajstić information content (AvgIpc) is 2.48. The molecule has 0 saturated carbocycles. The van der Waals surface area contributed by atoms with E-state index in [0.29, 0.717) is 16.4 Å². The van der Waals surface area contributed by atoms with E-state index in [2.05, 4.69) is 23.1 Å². The molecule has 0 N–H and O–H groups in total. The number of aromatic nitrogens is 1. The third kappa shape index (κ3) is 3.20. The smallest absolute Gasteiger partial charge is 0.148 e. The molecule has 2 rings (SSSR count). The molecule has 4 heteroatoms. The predicted octanol–water partition coefficient (Wildman–Crippen LogP) is 5.10. The van der Waals surface area contributed by atoms with Gasteiger partial charge in [0, 0.05) is 11.6 Å². The number of hydrogen-bond acceptors (Lipinski definition) is 3. The molecule has 1 heterocycles. The summed E-state index contributed by atoms with van der Waals surface area (Å²) in [5.41, 5.74) is 3.05. The zero-order chi connectivity index (χ0) is 16.3. The van der Waals surface area contributed by atoms with Gasteiger partial charge in [0.15, 0.2) is 0 Å². The van der Waals surface area contributed by atoms with Gasteiger partial charge >= 0.3 is 0 Å². The van der Waals surface area contributed by atoms with Crippen LogP contribution in [0.1, 0.15) is 25.1 Å². The number of allylic oxidation sites excluding steroid dienone is 1. The van der Waals surface area contributed by atoms with Gasteiger partial charge in [-0.3, -0.25) is 4.99 Å². The maximum absolute atomic E-state index is 6.34. The quantitative estimate of drug-likeness (QED) is 0.719. The molecule has 114 valence electrons. The van der Waals surface area contributed by atoms with Crippen molar-refractivity contribution in [2.75, 3.05) is 0 Å². The summed E-state index contributed by atoms with van der Waals surface area (Å²) in [5.74, 6) is 0.748. The van der Waals surface area contributed by atoms with Crippen molar-refractivity contribution >= 4 is 28.2 Å². The number of aryl methyl sites for hydroxylation is 1. The van der Waals surface area contributed by atoms with Crippen LogP contribution in [0.4, 0.5) is 0 Å². The fourth-order valence-electron chi connectivity index (χ4n) is 2.19. The number of fused-ring (bicyclic) bond motifs is 1. The minimum absolute atomic E-state index is 0.0502. The van der Waals surface area contributed by atoms with Crippen molar-refractivity contribution in [3.63, 3.8) is 0 Å². The van der Waals surface area contributed by atoms with Gasteiger partial charge < -0.3 is 4.74 Å². The van der Waals surface area contributed by atoms with Crippen molar-refractivity contribution in [2.45, 2.75) is 26.9 Å². The fraction of sp³-hybridized carbons (Fsp3) is 0.222. The van der Waals surface area contributed by atoms with Gasteiger partial charge in [0.2, 0.25) is 0 Å². The Morgan fingerprint density at radius 1 is 1.36 bits per heavy atom. The number of aliphatic imine (C=N–C) groups is 1. The molecule has 3 nitrogen and oxygen atoms in total. The lowest BCUT2D eigenvalue weighted by atomic mass is 10.1. The lowest BCUT2D eigenvalue weighted by Gasteiger charge is -2.16.